The first-order valence-corrected chi connectivity index (χ1v) is 22.5. The lowest BCUT2D eigenvalue weighted by Crippen LogP contribution is -2.11. The molecule has 0 bridgehead atoms. The number of aromatic nitrogens is 1. The standard InChI is InChI=1S/C63H42N2/c1-41-34-39-54-57(40-41)60(49-31-17-19-42-18-5-6-22-46(42)49)50-25-7-8-26-51(50)61(54)62-52-27-9-11-29-55(52)63(56-30-12-10-28-53(56)62)64(43-20-3-2-4-21-43)44-35-37-45(38-36-44)65-58-32-15-13-23-47(58)48-24-14-16-33-59(48)65/h2-40H,1H3. The molecule has 1 heterocycles. The van der Waals surface area contributed by atoms with Crippen molar-refractivity contribution < 1.29 is 0 Å². The lowest BCUT2D eigenvalue weighted by molar-refractivity contribution is 1.17. The second kappa shape index (κ2) is 14.8. The van der Waals surface area contributed by atoms with Crippen LogP contribution in [0.4, 0.5) is 17.1 Å². The summed E-state index contributed by atoms with van der Waals surface area (Å²) in [6, 6.07) is 87.2. The van der Waals surface area contributed by atoms with E-state index in [1.807, 2.05) is 0 Å². The zero-order chi connectivity index (χ0) is 43.0. The van der Waals surface area contributed by atoms with Crippen LogP contribution in [-0.4, -0.2) is 4.57 Å². The Labute approximate surface area is 377 Å². The molecule has 2 nitrogen and oxygen atoms in total. The maximum atomic E-state index is 2.47. The molecule has 13 aromatic rings. The van der Waals surface area contributed by atoms with Gasteiger partial charge in [0.2, 0.25) is 0 Å². The topological polar surface area (TPSA) is 8.17 Å². The first-order valence-electron chi connectivity index (χ1n) is 22.5. The molecule has 0 amide bonds. The van der Waals surface area contributed by atoms with Gasteiger partial charge in [0, 0.05) is 38.6 Å². The molecule has 0 aliphatic rings. The van der Waals surface area contributed by atoms with Crippen molar-refractivity contribution in [2.75, 3.05) is 4.90 Å². The highest BCUT2D eigenvalue weighted by Crippen LogP contribution is 2.52. The summed E-state index contributed by atoms with van der Waals surface area (Å²) in [7, 11) is 0. The fourth-order valence-corrected chi connectivity index (χ4v) is 10.8. The van der Waals surface area contributed by atoms with Crippen LogP contribution >= 0.6 is 0 Å². The summed E-state index contributed by atoms with van der Waals surface area (Å²) < 4.78 is 2.39. The molecule has 0 radical (unpaired) electrons. The largest absolute Gasteiger partial charge is 0.309 e. The number of aryl methyl sites for hydroxylation is 1. The van der Waals surface area contributed by atoms with E-state index in [2.05, 4.69) is 253 Å². The van der Waals surface area contributed by atoms with Crippen molar-refractivity contribution in [3.8, 4) is 27.9 Å². The van der Waals surface area contributed by atoms with E-state index in [0.29, 0.717) is 0 Å². The molecular weight excluding hydrogens is 785 g/mol. The van der Waals surface area contributed by atoms with E-state index in [1.165, 1.54) is 103 Å². The fraction of sp³-hybridized carbons (Fsp3) is 0.0159. The van der Waals surface area contributed by atoms with Gasteiger partial charge in [-0.05, 0) is 121 Å². The lowest BCUT2D eigenvalue weighted by atomic mass is 9.81. The Morgan fingerprint density at radius 2 is 0.754 bits per heavy atom. The molecule has 0 aliphatic carbocycles. The third-order valence-corrected chi connectivity index (χ3v) is 13.6. The van der Waals surface area contributed by atoms with Crippen molar-refractivity contribution in [2.24, 2.45) is 0 Å². The van der Waals surface area contributed by atoms with Crippen molar-refractivity contribution in [2.45, 2.75) is 6.92 Å². The van der Waals surface area contributed by atoms with E-state index in [9.17, 15) is 0 Å². The number of anilines is 3. The van der Waals surface area contributed by atoms with Crippen LogP contribution in [-0.2, 0) is 0 Å². The van der Waals surface area contributed by atoms with Gasteiger partial charge in [-0.1, -0.05) is 194 Å². The van der Waals surface area contributed by atoms with E-state index in [-0.39, 0.29) is 0 Å². The summed E-state index contributed by atoms with van der Waals surface area (Å²) >= 11 is 0. The van der Waals surface area contributed by atoms with Crippen LogP contribution in [0.25, 0.3) is 104 Å². The van der Waals surface area contributed by atoms with Gasteiger partial charge in [0.05, 0.1) is 16.7 Å². The van der Waals surface area contributed by atoms with E-state index in [4.69, 9.17) is 0 Å². The second-order valence-electron chi connectivity index (χ2n) is 17.2. The molecule has 1 aromatic heterocycles. The van der Waals surface area contributed by atoms with E-state index < -0.39 is 0 Å². The van der Waals surface area contributed by atoms with Crippen molar-refractivity contribution in [3.63, 3.8) is 0 Å². The Morgan fingerprint density at radius 3 is 1.37 bits per heavy atom. The molecule has 0 unspecified atom stereocenters. The molecule has 2 heteroatoms. The van der Waals surface area contributed by atoms with E-state index >= 15 is 0 Å². The molecule has 0 spiro atoms. The van der Waals surface area contributed by atoms with Gasteiger partial charge in [0.25, 0.3) is 0 Å². The van der Waals surface area contributed by atoms with Gasteiger partial charge in [0.1, 0.15) is 0 Å². The Hall–Kier alpha value is -8.46. The maximum Gasteiger partial charge on any atom is 0.0618 e. The average molecular weight is 827 g/mol. The predicted molar refractivity (Wildman–Crippen MR) is 279 cm³/mol. The van der Waals surface area contributed by atoms with E-state index in [1.54, 1.807) is 0 Å². The zero-order valence-electron chi connectivity index (χ0n) is 35.9. The van der Waals surface area contributed by atoms with Crippen LogP contribution in [0.3, 0.4) is 0 Å². The van der Waals surface area contributed by atoms with Crippen LogP contribution < -0.4 is 4.90 Å². The number of nitrogens with zero attached hydrogens (tertiary/aromatic N) is 2. The Kier molecular flexibility index (Phi) is 8.47. The van der Waals surface area contributed by atoms with Gasteiger partial charge in [-0.3, -0.25) is 0 Å². The third kappa shape index (κ3) is 5.74. The number of fused-ring (bicyclic) bond motifs is 8. The first-order chi connectivity index (χ1) is 32.2. The molecule has 0 aliphatic heterocycles. The molecule has 0 fully saturated rings. The minimum atomic E-state index is 1.09. The number of rotatable bonds is 6. The number of hydrogen-bond donors (Lipinski definition) is 0. The lowest BCUT2D eigenvalue weighted by Gasteiger charge is -2.30. The SMILES string of the molecule is Cc1ccc2c(-c3c4ccccc4c(N(c4ccccc4)c4ccc(-n5c6ccccc6c6ccccc65)cc4)c4ccccc34)c3ccccc3c(-c3cccc4ccccc34)c2c1. The van der Waals surface area contributed by atoms with Crippen LogP contribution in [0.1, 0.15) is 5.56 Å². The van der Waals surface area contributed by atoms with Crippen LogP contribution in [0.15, 0.2) is 237 Å². The molecule has 0 saturated heterocycles. The molecule has 0 atom stereocenters. The van der Waals surface area contributed by atoms with E-state index in [0.717, 1.165) is 22.7 Å². The Morgan fingerprint density at radius 1 is 0.308 bits per heavy atom. The number of benzene rings is 12. The smallest absolute Gasteiger partial charge is 0.0618 e. The molecular formula is C63H42N2. The third-order valence-electron chi connectivity index (χ3n) is 13.6. The van der Waals surface area contributed by atoms with Gasteiger partial charge < -0.3 is 9.47 Å². The molecule has 13 rings (SSSR count). The summed E-state index contributed by atoms with van der Waals surface area (Å²) in [6.45, 7) is 2.22. The van der Waals surface area contributed by atoms with Crippen molar-refractivity contribution in [1.82, 2.24) is 4.57 Å². The summed E-state index contributed by atoms with van der Waals surface area (Å²) in [6.07, 6.45) is 0. The number of hydrogen-bond acceptors (Lipinski definition) is 1. The van der Waals surface area contributed by atoms with Gasteiger partial charge in [-0.2, -0.15) is 0 Å². The van der Waals surface area contributed by atoms with Crippen LogP contribution in [0.2, 0.25) is 0 Å². The van der Waals surface area contributed by atoms with Crippen molar-refractivity contribution in [3.05, 3.63) is 242 Å². The number of para-hydroxylation sites is 3. The first kappa shape index (κ1) is 37.1. The average Bonchev–Trinajstić information content (AvgIpc) is 3.70. The van der Waals surface area contributed by atoms with Crippen LogP contribution in [0.5, 0.6) is 0 Å². The summed E-state index contributed by atoms with van der Waals surface area (Å²) in [5, 5.41) is 14.9. The maximum absolute atomic E-state index is 2.47. The summed E-state index contributed by atoms with van der Waals surface area (Å²) in [5.41, 5.74) is 13.2. The van der Waals surface area contributed by atoms with Gasteiger partial charge in [-0.15, -0.1) is 0 Å². The summed E-state index contributed by atoms with van der Waals surface area (Å²) in [4.78, 5) is 2.47. The minimum absolute atomic E-state index is 1.09. The normalized spacial score (nSPS) is 11.8. The van der Waals surface area contributed by atoms with Crippen molar-refractivity contribution in [1.29, 1.82) is 0 Å². The van der Waals surface area contributed by atoms with Gasteiger partial charge in [0.15, 0.2) is 0 Å². The summed E-state index contributed by atoms with van der Waals surface area (Å²) in [5.74, 6) is 0. The quantitative estimate of drug-likeness (QED) is 0.152. The highest BCUT2D eigenvalue weighted by Gasteiger charge is 2.26. The van der Waals surface area contributed by atoms with Gasteiger partial charge in [-0.25, -0.2) is 0 Å². The molecule has 0 N–H and O–H groups in total. The van der Waals surface area contributed by atoms with Crippen LogP contribution in [0, 0.1) is 6.92 Å². The minimum Gasteiger partial charge on any atom is -0.309 e. The second-order valence-corrected chi connectivity index (χ2v) is 17.2. The van der Waals surface area contributed by atoms with Crippen molar-refractivity contribution >= 4 is 92.7 Å². The predicted octanol–water partition coefficient (Wildman–Crippen LogP) is 17.7. The Balaban J connectivity index is 1.09. The molecule has 0 saturated carbocycles. The highest BCUT2D eigenvalue weighted by atomic mass is 15.1. The molecule has 65 heavy (non-hydrogen) atoms. The molecule has 304 valence electrons. The molecule has 12 aromatic carbocycles. The monoisotopic (exact) mass is 826 g/mol. The highest BCUT2D eigenvalue weighted by molar-refractivity contribution is 6.31. The zero-order valence-corrected chi connectivity index (χ0v) is 35.9. The fourth-order valence-electron chi connectivity index (χ4n) is 10.8. The van der Waals surface area contributed by atoms with Gasteiger partial charge >= 0.3 is 0 Å². The Bertz CT molecular complexity index is 3890.